The van der Waals surface area contributed by atoms with Crippen LogP contribution < -0.4 is 5.73 Å². The molecular formula is C4H7NS. The summed E-state index contributed by atoms with van der Waals surface area (Å²) in [5, 5.41) is 3.47. The van der Waals surface area contributed by atoms with E-state index >= 15 is 0 Å². The summed E-state index contributed by atoms with van der Waals surface area (Å²) in [5.74, 6) is 0. The highest BCUT2D eigenvalue weighted by atomic mass is 32.2. The molecule has 0 spiro atoms. The third kappa shape index (κ3) is 3.63. The predicted octanol–water partition coefficient (Wildman–Crippen LogP) is 1.29. The molecule has 0 aromatic heterocycles. The standard InChI is InChI=1S/C4H7NS/c1-2-6-4-3-5/h2-4H,1,5H2/b4-3+. The van der Waals surface area contributed by atoms with Gasteiger partial charge in [0, 0.05) is 6.20 Å². The Bertz CT molecular complexity index is 58.6. The summed E-state index contributed by atoms with van der Waals surface area (Å²) in [6.07, 6.45) is 1.48. The Morgan fingerprint density at radius 3 is 2.50 bits per heavy atom. The first kappa shape index (κ1) is 5.63. The smallest absolute Gasteiger partial charge is 0.000522 e. The molecule has 0 aliphatic carbocycles. The van der Waals surface area contributed by atoms with Crippen molar-refractivity contribution in [1.29, 1.82) is 0 Å². The molecule has 0 saturated carbocycles. The molecule has 0 aliphatic rings. The fourth-order valence-electron chi connectivity index (χ4n) is 0.101. The molecule has 0 heterocycles. The predicted molar refractivity (Wildman–Crippen MR) is 31.1 cm³/mol. The lowest BCUT2D eigenvalue weighted by Gasteiger charge is -1.70. The van der Waals surface area contributed by atoms with Crippen LogP contribution in [0, 0.1) is 0 Å². The lowest BCUT2D eigenvalue weighted by atomic mass is 11.1. The van der Waals surface area contributed by atoms with Crippen LogP contribution in [0.15, 0.2) is 23.6 Å². The minimum atomic E-state index is 1.47. The second-order valence-corrected chi connectivity index (χ2v) is 1.51. The second kappa shape index (κ2) is 4.63. The molecule has 0 aromatic rings. The lowest BCUT2D eigenvalue weighted by molar-refractivity contribution is 1.63. The Morgan fingerprint density at radius 2 is 2.33 bits per heavy atom. The van der Waals surface area contributed by atoms with Gasteiger partial charge in [0.05, 0.1) is 0 Å². The Kier molecular flexibility index (Phi) is 4.34. The Balaban J connectivity index is 2.85. The van der Waals surface area contributed by atoms with Gasteiger partial charge in [-0.1, -0.05) is 6.58 Å². The first-order valence-corrected chi connectivity index (χ1v) is 2.49. The third-order valence-electron chi connectivity index (χ3n) is 0.253. The van der Waals surface area contributed by atoms with Gasteiger partial charge in [-0.15, -0.1) is 11.8 Å². The number of rotatable bonds is 2. The maximum atomic E-state index is 4.97. The van der Waals surface area contributed by atoms with Crippen molar-refractivity contribution in [3.63, 3.8) is 0 Å². The van der Waals surface area contributed by atoms with E-state index in [2.05, 4.69) is 6.58 Å². The van der Waals surface area contributed by atoms with Crippen molar-refractivity contribution in [2.75, 3.05) is 0 Å². The second-order valence-electron chi connectivity index (χ2n) is 0.631. The van der Waals surface area contributed by atoms with Gasteiger partial charge in [0.2, 0.25) is 0 Å². The highest BCUT2D eigenvalue weighted by Crippen LogP contribution is 1.97. The zero-order chi connectivity index (χ0) is 4.83. The normalized spacial score (nSPS) is 9.33. The summed E-state index contributed by atoms with van der Waals surface area (Å²) >= 11 is 1.47. The van der Waals surface area contributed by atoms with Crippen LogP contribution in [0.1, 0.15) is 0 Å². The van der Waals surface area contributed by atoms with Crippen LogP contribution >= 0.6 is 11.8 Å². The van der Waals surface area contributed by atoms with E-state index in [0.717, 1.165) is 0 Å². The molecule has 0 radical (unpaired) electrons. The van der Waals surface area contributed by atoms with Crippen LogP contribution in [0.2, 0.25) is 0 Å². The molecule has 1 nitrogen and oxygen atoms in total. The van der Waals surface area contributed by atoms with Gasteiger partial charge in [-0.05, 0) is 10.8 Å². The zero-order valence-corrected chi connectivity index (χ0v) is 4.24. The van der Waals surface area contributed by atoms with Crippen molar-refractivity contribution in [2.45, 2.75) is 0 Å². The van der Waals surface area contributed by atoms with Gasteiger partial charge < -0.3 is 5.73 Å². The largest absolute Gasteiger partial charge is 0.404 e. The molecule has 0 fully saturated rings. The highest BCUT2D eigenvalue weighted by molar-refractivity contribution is 8.04. The van der Waals surface area contributed by atoms with Crippen LogP contribution in [0.5, 0.6) is 0 Å². The molecule has 0 bridgehead atoms. The number of hydrogen-bond donors (Lipinski definition) is 1. The van der Waals surface area contributed by atoms with Crippen molar-refractivity contribution >= 4 is 11.8 Å². The van der Waals surface area contributed by atoms with Gasteiger partial charge in [0.25, 0.3) is 0 Å². The van der Waals surface area contributed by atoms with Gasteiger partial charge in [-0.2, -0.15) is 0 Å². The molecule has 0 rings (SSSR count). The van der Waals surface area contributed by atoms with Crippen molar-refractivity contribution in [3.05, 3.63) is 23.6 Å². The average Bonchev–Trinajstić information content (AvgIpc) is 1.61. The summed E-state index contributed by atoms with van der Waals surface area (Å²) in [6, 6.07) is 0. The summed E-state index contributed by atoms with van der Waals surface area (Å²) in [6.45, 7) is 3.45. The van der Waals surface area contributed by atoms with Gasteiger partial charge in [-0.3, -0.25) is 0 Å². The average molecular weight is 101 g/mol. The Hall–Kier alpha value is -0.370. The molecule has 0 aliphatic heterocycles. The maximum Gasteiger partial charge on any atom is 0.000522 e. The number of thioether (sulfide) groups is 1. The lowest BCUT2D eigenvalue weighted by Crippen LogP contribution is -1.70. The van der Waals surface area contributed by atoms with Crippen molar-refractivity contribution < 1.29 is 0 Å². The molecule has 0 saturated heterocycles. The summed E-state index contributed by atoms with van der Waals surface area (Å²) in [5.41, 5.74) is 4.97. The monoisotopic (exact) mass is 101 g/mol. The van der Waals surface area contributed by atoms with Crippen LogP contribution in [-0.2, 0) is 0 Å². The van der Waals surface area contributed by atoms with Crippen LogP contribution in [0.4, 0.5) is 0 Å². The van der Waals surface area contributed by atoms with Gasteiger partial charge in [-0.25, -0.2) is 0 Å². The van der Waals surface area contributed by atoms with E-state index in [4.69, 9.17) is 5.73 Å². The van der Waals surface area contributed by atoms with Crippen LogP contribution in [0.3, 0.4) is 0 Å². The summed E-state index contributed by atoms with van der Waals surface area (Å²) < 4.78 is 0. The van der Waals surface area contributed by atoms with Crippen molar-refractivity contribution in [3.8, 4) is 0 Å². The number of hydrogen-bond acceptors (Lipinski definition) is 2. The van der Waals surface area contributed by atoms with E-state index in [9.17, 15) is 0 Å². The summed E-state index contributed by atoms with van der Waals surface area (Å²) in [7, 11) is 0. The fraction of sp³-hybridized carbons (Fsp3) is 0. The molecule has 0 unspecified atom stereocenters. The van der Waals surface area contributed by atoms with Crippen molar-refractivity contribution in [2.24, 2.45) is 5.73 Å². The molecule has 0 amide bonds. The Labute approximate surface area is 41.9 Å². The molecular weight excluding hydrogens is 94.1 g/mol. The van der Waals surface area contributed by atoms with E-state index in [1.165, 1.54) is 18.0 Å². The summed E-state index contributed by atoms with van der Waals surface area (Å²) in [4.78, 5) is 0. The first-order valence-electron chi connectivity index (χ1n) is 1.55. The van der Waals surface area contributed by atoms with Crippen molar-refractivity contribution in [1.82, 2.24) is 0 Å². The van der Waals surface area contributed by atoms with E-state index in [-0.39, 0.29) is 0 Å². The molecule has 0 atom stereocenters. The zero-order valence-electron chi connectivity index (χ0n) is 3.42. The topological polar surface area (TPSA) is 26.0 Å². The van der Waals surface area contributed by atoms with E-state index in [1.54, 1.807) is 10.8 Å². The van der Waals surface area contributed by atoms with Gasteiger partial charge in [0.1, 0.15) is 0 Å². The molecule has 0 aromatic carbocycles. The van der Waals surface area contributed by atoms with Crippen LogP contribution in [0.25, 0.3) is 0 Å². The SMILES string of the molecule is C=CS/C=C/N. The van der Waals surface area contributed by atoms with E-state index < -0.39 is 0 Å². The third-order valence-corrected chi connectivity index (χ3v) is 0.760. The Morgan fingerprint density at radius 1 is 1.67 bits per heavy atom. The van der Waals surface area contributed by atoms with Crippen LogP contribution in [-0.4, -0.2) is 0 Å². The quantitative estimate of drug-likeness (QED) is 0.567. The minimum absolute atomic E-state index is 1.47. The fourth-order valence-corrected chi connectivity index (χ4v) is 0.303. The highest BCUT2D eigenvalue weighted by Gasteiger charge is 1.57. The molecule has 2 N–H and O–H groups in total. The molecule has 34 valence electrons. The van der Waals surface area contributed by atoms with Gasteiger partial charge in [0.15, 0.2) is 0 Å². The molecule has 2 heteroatoms. The maximum absolute atomic E-state index is 4.97. The molecule has 6 heavy (non-hydrogen) atoms. The minimum Gasteiger partial charge on any atom is -0.404 e. The van der Waals surface area contributed by atoms with Gasteiger partial charge >= 0.3 is 0 Å². The first-order chi connectivity index (χ1) is 2.91. The van der Waals surface area contributed by atoms with E-state index in [0.29, 0.717) is 0 Å². The number of nitrogens with two attached hydrogens (primary N) is 1. The van der Waals surface area contributed by atoms with E-state index in [1.807, 2.05) is 0 Å².